The number of anilines is 2. The number of imidazole rings is 1. The molecule has 0 radical (unpaired) electrons. The molecule has 1 amide bonds. The molecule has 1 saturated carbocycles. The van der Waals surface area contributed by atoms with Crippen LogP contribution in [0, 0.1) is 17.8 Å². The Kier molecular flexibility index (Phi) is 6.52. The van der Waals surface area contributed by atoms with Crippen molar-refractivity contribution in [2.45, 2.75) is 12.5 Å². The summed E-state index contributed by atoms with van der Waals surface area (Å²) in [6.45, 7) is 4.35. The topological polar surface area (TPSA) is 109 Å². The molecule has 1 saturated heterocycles. The minimum Gasteiger partial charge on any atom is -0.395 e. The summed E-state index contributed by atoms with van der Waals surface area (Å²) in [6.07, 6.45) is 6.85. The van der Waals surface area contributed by atoms with E-state index in [1.54, 1.807) is 6.20 Å². The van der Waals surface area contributed by atoms with E-state index >= 15 is 0 Å². The van der Waals surface area contributed by atoms with Crippen molar-refractivity contribution >= 4 is 40.0 Å². The van der Waals surface area contributed by atoms with Crippen LogP contribution in [0.4, 0.5) is 11.4 Å². The summed E-state index contributed by atoms with van der Waals surface area (Å²) in [6, 6.07) is 8.35. The summed E-state index contributed by atoms with van der Waals surface area (Å²) in [5.74, 6) is 0.857. The molecule has 3 aromatic rings. The minimum absolute atomic E-state index is 0.0458. The zero-order chi connectivity index (χ0) is 25.5. The summed E-state index contributed by atoms with van der Waals surface area (Å²) in [5, 5.41) is 16.1. The van der Waals surface area contributed by atoms with Crippen LogP contribution in [0.2, 0.25) is 5.02 Å². The fraction of sp³-hybridized carbons (Fsp3) is 0.444. The third-order valence-electron chi connectivity index (χ3n) is 7.97. The first-order chi connectivity index (χ1) is 18.0. The van der Waals surface area contributed by atoms with Crippen molar-refractivity contribution in [3.8, 4) is 11.4 Å². The molecule has 4 atom stereocenters. The van der Waals surface area contributed by atoms with Crippen molar-refractivity contribution < 1.29 is 9.90 Å². The van der Waals surface area contributed by atoms with Crippen LogP contribution in [0.15, 0.2) is 42.6 Å². The highest BCUT2D eigenvalue weighted by Gasteiger charge is 2.48. The molecule has 2 aliphatic carbocycles. The lowest BCUT2D eigenvalue weighted by Gasteiger charge is -2.34. The smallest absolute Gasteiger partial charge is 0.225 e. The number of aromatic nitrogens is 3. The van der Waals surface area contributed by atoms with E-state index in [1.165, 1.54) is 5.69 Å². The molecule has 10 heteroatoms. The van der Waals surface area contributed by atoms with Gasteiger partial charge >= 0.3 is 0 Å². The third kappa shape index (κ3) is 4.56. The number of carbonyl (C=O) groups is 1. The predicted octanol–water partition coefficient (Wildman–Crippen LogP) is 2.74. The molecule has 2 bridgehead atoms. The minimum atomic E-state index is -0.231. The van der Waals surface area contributed by atoms with Gasteiger partial charge in [0.05, 0.1) is 29.4 Å². The average Bonchev–Trinajstić information content (AvgIpc) is 3.65. The number of nitrogens with zero attached hydrogens (tertiary/aromatic N) is 4. The zero-order valence-corrected chi connectivity index (χ0v) is 21.6. The number of halogens is 1. The number of rotatable bonds is 7. The van der Waals surface area contributed by atoms with Crippen LogP contribution in [0.1, 0.15) is 6.42 Å². The van der Waals surface area contributed by atoms with Gasteiger partial charge in [0.2, 0.25) is 5.91 Å². The fourth-order valence-electron chi connectivity index (χ4n) is 5.95. The number of hydrogen-bond acceptors (Lipinski definition) is 7. The quantitative estimate of drug-likeness (QED) is 0.354. The molecule has 2 aromatic heterocycles. The largest absolute Gasteiger partial charge is 0.395 e. The van der Waals surface area contributed by atoms with Gasteiger partial charge in [-0.05, 0) is 49.6 Å². The second-order valence-corrected chi connectivity index (χ2v) is 10.7. The molecular formula is C27H32ClN7O2. The Morgan fingerprint density at radius 3 is 2.68 bits per heavy atom. The van der Waals surface area contributed by atoms with Crippen molar-refractivity contribution in [1.82, 2.24) is 25.2 Å². The van der Waals surface area contributed by atoms with Crippen molar-refractivity contribution in [3.05, 3.63) is 47.6 Å². The average molecular weight is 522 g/mol. The van der Waals surface area contributed by atoms with Crippen molar-refractivity contribution in [2.75, 3.05) is 56.6 Å². The number of hydrogen-bond donors (Lipinski definition) is 4. The van der Waals surface area contributed by atoms with E-state index in [0.717, 1.165) is 49.5 Å². The Hall–Kier alpha value is -3.14. The molecule has 1 aromatic carbocycles. The molecule has 6 rings (SSSR count). The molecule has 3 aliphatic rings. The molecule has 0 unspecified atom stereocenters. The van der Waals surface area contributed by atoms with E-state index in [2.05, 4.69) is 73.9 Å². The van der Waals surface area contributed by atoms with Crippen LogP contribution in [-0.2, 0) is 4.79 Å². The van der Waals surface area contributed by atoms with E-state index in [1.807, 2.05) is 0 Å². The molecule has 1 aliphatic heterocycles. The third-order valence-corrected chi connectivity index (χ3v) is 8.25. The van der Waals surface area contributed by atoms with E-state index in [-0.39, 0.29) is 42.9 Å². The first-order valence-electron chi connectivity index (χ1n) is 12.9. The highest BCUT2D eigenvalue weighted by atomic mass is 35.5. The molecule has 37 heavy (non-hydrogen) atoms. The number of nitrogens with one attached hydrogen (secondary N) is 3. The maximum Gasteiger partial charge on any atom is 0.225 e. The van der Waals surface area contributed by atoms with E-state index in [0.29, 0.717) is 16.4 Å². The molecule has 2 fully saturated rings. The number of amides is 1. The van der Waals surface area contributed by atoms with Gasteiger partial charge in [0.25, 0.3) is 0 Å². The van der Waals surface area contributed by atoms with Gasteiger partial charge in [0.1, 0.15) is 11.3 Å². The number of aliphatic hydroxyl groups is 1. The Labute approximate surface area is 220 Å². The number of pyridine rings is 1. The van der Waals surface area contributed by atoms with Crippen LogP contribution in [0.25, 0.3) is 22.6 Å². The summed E-state index contributed by atoms with van der Waals surface area (Å²) in [7, 11) is 2.16. The zero-order valence-electron chi connectivity index (χ0n) is 20.8. The summed E-state index contributed by atoms with van der Waals surface area (Å²) in [5.41, 5.74) is 4.20. The SMILES string of the molecule is CN1CCN(c2ccc(-c3nc4ncc(Cl)c(N[C@H]5[C@H](C(=O)NCCO)[C@@H]6C=C[C@@H]5C6)c4[nH]3)cc2)CC1. The number of likely N-dealkylation sites (N-methyl/N-ethyl adjacent to an activating group) is 1. The number of H-pyrrole nitrogens is 1. The number of piperazine rings is 1. The highest BCUT2D eigenvalue weighted by molar-refractivity contribution is 6.34. The van der Waals surface area contributed by atoms with Crippen molar-refractivity contribution in [2.24, 2.45) is 17.8 Å². The van der Waals surface area contributed by atoms with Gasteiger partial charge in [0.15, 0.2) is 5.65 Å². The highest BCUT2D eigenvalue weighted by Crippen LogP contribution is 2.46. The van der Waals surface area contributed by atoms with E-state index in [4.69, 9.17) is 21.7 Å². The Bertz CT molecular complexity index is 1320. The maximum absolute atomic E-state index is 12.9. The number of carbonyl (C=O) groups excluding carboxylic acids is 1. The van der Waals surface area contributed by atoms with Crippen LogP contribution in [-0.4, -0.2) is 83.3 Å². The second kappa shape index (κ2) is 9.96. The fourth-order valence-corrected chi connectivity index (χ4v) is 6.14. The van der Waals surface area contributed by atoms with E-state index in [9.17, 15) is 4.79 Å². The Morgan fingerprint density at radius 1 is 1.16 bits per heavy atom. The maximum atomic E-state index is 12.9. The first kappa shape index (κ1) is 24.2. The van der Waals surface area contributed by atoms with Crippen molar-refractivity contribution in [3.63, 3.8) is 0 Å². The number of benzene rings is 1. The van der Waals surface area contributed by atoms with Gasteiger partial charge < -0.3 is 30.5 Å². The predicted molar refractivity (Wildman–Crippen MR) is 146 cm³/mol. The summed E-state index contributed by atoms with van der Waals surface area (Å²) < 4.78 is 0. The first-order valence-corrected chi connectivity index (χ1v) is 13.3. The number of fused-ring (bicyclic) bond motifs is 3. The number of aliphatic hydroxyl groups excluding tert-OH is 1. The monoisotopic (exact) mass is 521 g/mol. The lowest BCUT2D eigenvalue weighted by atomic mass is 9.87. The van der Waals surface area contributed by atoms with Gasteiger partial charge in [-0.2, -0.15) is 0 Å². The normalized spacial score (nSPS) is 25.2. The van der Waals surface area contributed by atoms with Crippen LogP contribution in [0.5, 0.6) is 0 Å². The lowest BCUT2D eigenvalue weighted by Crippen LogP contribution is -2.44. The molecule has 194 valence electrons. The standard InChI is InChI=1S/C27H32ClN7O2/c1-34-9-11-35(12-10-34)19-6-4-16(5-7-19)25-32-24-23(20(28)15-30-26(24)33-25)31-22-18-3-2-17(14-18)21(22)27(37)29-8-13-36/h2-7,15,17-18,21-22,36H,8-14H2,1H3,(H,29,37)(H2,30,31,32,33)/t17-,18-,21-,22-/m1/s1. The van der Waals surface area contributed by atoms with Gasteiger partial charge in [-0.1, -0.05) is 23.8 Å². The van der Waals surface area contributed by atoms with Gasteiger partial charge in [-0.15, -0.1) is 0 Å². The molecule has 9 nitrogen and oxygen atoms in total. The van der Waals surface area contributed by atoms with Crippen LogP contribution in [0.3, 0.4) is 0 Å². The van der Waals surface area contributed by atoms with Gasteiger partial charge in [0, 0.05) is 50.0 Å². The van der Waals surface area contributed by atoms with Gasteiger partial charge in [-0.25, -0.2) is 9.97 Å². The van der Waals surface area contributed by atoms with E-state index < -0.39 is 0 Å². The Morgan fingerprint density at radius 2 is 1.92 bits per heavy atom. The Balaban J connectivity index is 1.26. The molecule has 3 heterocycles. The number of aromatic amines is 1. The van der Waals surface area contributed by atoms with Gasteiger partial charge in [-0.3, -0.25) is 4.79 Å². The molecular weight excluding hydrogens is 490 g/mol. The van der Waals surface area contributed by atoms with Crippen molar-refractivity contribution in [1.29, 1.82) is 0 Å². The second-order valence-electron chi connectivity index (χ2n) is 10.3. The summed E-state index contributed by atoms with van der Waals surface area (Å²) in [4.78, 5) is 30.3. The summed E-state index contributed by atoms with van der Waals surface area (Å²) >= 11 is 6.63. The van der Waals surface area contributed by atoms with Crippen LogP contribution < -0.4 is 15.5 Å². The molecule has 4 N–H and O–H groups in total. The molecule has 0 spiro atoms. The van der Waals surface area contributed by atoms with Crippen LogP contribution >= 0.6 is 11.6 Å². The number of allylic oxidation sites excluding steroid dienone is 1. The lowest BCUT2D eigenvalue weighted by molar-refractivity contribution is -0.126.